The molecule has 0 bridgehead atoms. The van der Waals surface area contributed by atoms with Gasteiger partial charge in [0.05, 0.1) is 23.3 Å². The molecule has 0 aliphatic heterocycles. The zero-order chi connectivity index (χ0) is 15.1. The molecule has 1 N–H and O–H groups in total. The normalized spacial score (nSPS) is 11.3. The highest BCUT2D eigenvalue weighted by Gasteiger charge is 2.10. The molecule has 0 saturated carbocycles. The molecule has 0 aliphatic carbocycles. The second-order valence-electron chi connectivity index (χ2n) is 5.43. The van der Waals surface area contributed by atoms with Gasteiger partial charge in [-0.2, -0.15) is 10.2 Å². The topological polar surface area (TPSA) is 60.6 Å². The highest BCUT2D eigenvalue weighted by atomic mass is 15.3. The fourth-order valence-electron chi connectivity index (χ4n) is 2.67. The number of nitrogens with zero attached hydrogens (tertiary/aromatic N) is 5. The maximum absolute atomic E-state index is 4.48. The van der Waals surface area contributed by atoms with Gasteiger partial charge in [-0.15, -0.1) is 0 Å². The van der Waals surface area contributed by atoms with Crippen LogP contribution in [-0.4, -0.2) is 24.5 Å². The zero-order valence-corrected chi connectivity index (χ0v) is 13.1. The van der Waals surface area contributed by atoms with Crippen LogP contribution in [0.25, 0.3) is 11.0 Å². The molecule has 3 rings (SSSR count). The first kappa shape index (κ1) is 13.6. The van der Waals surface area contributed by atoms with Gasteiger partial charge in [0, 0.05) is 37.3 Å². The van der Waals surface area contributed by atoms with Crippen molar-refractivity contribution in [1.29, 1.82) is 0 Å². The van der Waals surface area contributed by atoms with Crippen molar-refractivity contribution < 1.29 is 0 Å². The molecule has 0 fully saturated rings. The monoisotopic (exact) mass is 284 g/mol. The van der Waals surface area contributed by atoms with Gasteiger partial charge in [0.2, 0.25) is 0 Å². The standard InChI is InChI=1S/C15H20N6/c1-9-13-6-12(7-17-15(13)21(5)19-9)16-8-14-10(2)18-20(4)11(14)3/h6-7,16H,8H2,1-5H3. The number of rotatable bonds is 3. The summed E-state index contributed by atoms with van der Waals surface area (Å²) >= 11 is 0. The van der Waals surface area contributed by atoms with Crippen LogP contribution >= 0.6 is 0 Å². The molecular formula is C15H20N6. The summed E-state index contributed by atoms with van der Waals surface area (Å²) in [4.78, 5) is 4.48. The van der Waals surface area contributed by atoms with Crippen molar-refractivity contribution >= 4 is 16.7 Å². The number of pyridine rings is 1. The van der Waals surface area contributed by atoms with E-state index < -0.39 is 0 Å². The van der Waals surface area contributed by atoms with Crippen molar-refractivity contribution in [2.24, 2.45) is 14.1 Å². The fraction of sp³-hybridized carbons (Fsp3) is 0.400. The lowest BCUT2D eigenvalue weighted by molar-refractivity contribution is 0.730. The molecule has 6 nitrogen and oxygen atoms in total. The van der Waals surface area contributed by atoms with Crippen LogP contribution in [0.2, 0.25) is 0 Å². The number of aromatic nitrogens is 5. The van der Waals surface area contributed by atoms with Crippen LogP contribution in [0, 0.1) is 20.8 Å². The fourth-order valence-corrected chi connectivity index (χ4v) is 2.67. The van der Waals surface area contributed by atoms with Crippen LogP contribution in [-0.2, 0) is 20.6 Å². The number of hydrogen-bond acceptors (Lipinski definition) is 4. The Balaban J connectivity index is 1.87. The average molecular weight is 284 g/mol. The van der Waals surface area contributed by atoms with Crippen molar-refractivity contribution in [3.05, 3.63) is 34.9 Å². The van der Waals surface area contributed by atoms with E-state index in [4.69, 9.17) is 0 Å². The summed E-state index contributed by atoms with van der Waals surface area (Å²) in [7, 11) is 3.89. The molecule has 0 spiro atoms. The van der Waals surface area contributed by atoms with Gasteiger partial charge in [0.1, 0.15) is 0 Å². The molecule has 0 unspecified atom stereocenters. The summed E-state index contributed by atoms with van der Waals surface area (Å²) in [6.45, 7) is 6.88. The second-order valence-corrected chi connectivity index (χ2v) is 5.43. The summed E-state index contributed by atoms with van der Waals surface area (Å²) in [5.74, 6) is 0. The van der Waals surface area contributed by atoms with Crippen LogP contribution in [0.1, 0.15) is 22.6 Å². The Morgan fingerprint density at radius 3 is 2.43 bits per heavy atom. The van der Waals surface area contributed by atoms with Crippen LogP contribution in [0.4, 0.5) is 5.69 Å². The molecule has 21 heavy (non-hydrogen) atoms. The van der Waals surface area contributed by atoms with Crippen molar-refractivity contribution in [3.8, 4) is 0 Å². The predicted molar refractivity (Wildman–Crippen MR) is 83.3 cm³/mol. The Labute approximate surface area is 123 Å². The predicted octanol–water partition coefficient (Wildman–Crippen LogP) is 2.24. The van der Waals surface area contributed by atoms with E-state index in [0.717, 1.165) is 34.7 Å². The van der Waals surface area contributed by atoms with Gasteiger partial charge in [-0.25, -0.2) is 4.98 Å². The summed E-state index contributed by atoms with van der Waals surface area (Å²) in [5.41, 5.74) is 6.40. The third-order valence-electron chi connectivity index (χ3n) is 3.99. The average Bonchev–Trinajstić information content (AvgIpc) is 2.86. The van der Waals surface area contributed by atoms with E-state index in [-0.39, 0.29) is 0 Å². The minimum atomic E-state index is 0.748. The maximum Gasteiger partial charge on any atom is 0.157 e. The summed E-state index contributed by atoms with van der Waals surface area (Å²) in [5, 5.41) is 13.3. The summed E-state index contributed by atoms with van der Waals surface area (Å²) in [6.07, 6.45) is 1.85. The third-order valence-corrected chi connectivity index (χ3v) is 3.99. The largest absolute Gasteiger partial charge is 0.380 e. The Bertz CT molecular complexity index is 811. The molecule has 3 heterocycles. The first-order chi connectivity index (χ1) is 9.97. The van der Waals surface area contributed by atoms with E-state index in [1.54, 1.807) is 0 Å². The number of nitrogens with one attached hydrogen (secondary N) is 1. The molecule has 0 aromatic carbocycles. The van der Waals surface area contributed by atoms with Gasteiger partial charge >= 0.3 is 0 Å². The van der Waals surface area contributed by atoms with Gasteiger partial charge in [-0.05, 0) is 26.8 Å². The number of fused-ring (bicyclic) bond motifs is 1. The first-order valence-electron chi connectivity index (χ1n) is 6.99. The maximum atomic E-state index is 4.48. The van der Waals surface area contributed by atoms with Crippen molar-refractivity contribution in [3.63, 3.8) is 0 Å². The Morgan fingerprint density at radius 2 is 1.76 bits per heavy atom. The lowest BCUT2D eigenvalue weighted by atomic mass is 10.2. The lowest BCUT2D eigenvalue weighted by Crippen LogP contribution is -2.03. The van der Waals surface area contributed by atoms with Gasteiger partial charge in [0.15, 0.2) is 5.65 Å². The van der Waals surface area contributed by atoms with Crippen LogP contribution in [0.5, 0.6) is 0 Å². The van der Waals surface area contributed by atoms with E-state index >= 15 is 0 Å². The number of hydrogen-bond donors (Lipinski definition) is 1. The Morgan fingerprint density at radius 1 is 1.05 bits per heavy atom. The Hall–Kier alpha value is -2.37. The molecule has 0 radical (unpaired) electrons. The molecule has 3 aromatic heterocycles. The molecule has 110 valence electrons. The molecular weight excluding hydrogens is 264 g/mol. The lowest BCUT2D eigenvalue weighted by Gasteiger charge is -2.07. The highest BCUT2D eigenvalue weighted by Crippen LogP contribution is 2.20. The molecule has 0 saturated heterocycles. The molecule has 3 aromatic rings. The van der Waals surface area contributed by atoms with E-state index in [2.05, 4.69) is 33.5 Å². The number of aryl methyl sites for hydroxylation is 4. The van der Waals surface area contributed by atoms with Gasteiger partial charge in [0.25, 0.3) is 0 Å². The Kier molecular flexibility index (Phi) is 3.16. The van der Waals surface area contributed by atoms with Gasteiger partial charge in [-0.1, -0.05) is 0 Å². The first-order valence-corrected chi connectivity index (χ1v) is 6.99. The van der Waals surface area contributed by atoms with Gasteiger partial charge in [-0.3, -0.25) is 9.36 Å². The summed E-state index contributed by atoms with van der Waals surface area (Å²) < 4.78 is 3.73. The highest BCUT2D eigenvalue weighted by molar-refractivity contribution is 5.81. The molecule has 0 aliphatic rings. The van der Waals surface area contributed by atoms with Crippen LogP contribution in [0.15, 0.2) is 12.3 Å². The molecule has 6 heteroatoms. The zero-order valence-electron chi connectivity index (χ0n) is 13.1. The quantitative estimate of drug-likeness (QED) is 0.801. The molecule has 0 atom stereocenters. The van der Waals surface area contributed by atoms with Crippen molar-refractivity contribution in [2.75, 3.05) is 5.32 Å². The van der Waals surface area contributed by atoms with Crippen LogP contribution in [0.3, 0.4) is 0 Å². The smallest absolute Gasteiger partial charge is 0.157 e. The van der Waals surface area contributed by atoms with E-state index in [1.165, 1.54) is 11.3 Å². The number of anilines is 1. The van der Waals surface area contributed by atoms with Crippen molar-refractivity contribution in [2.45, 2.75) is 27.3 Å². The minimum absolute atomic E-state index is 0.748. The molecule has 0 amide bonds. The van der Waals surface area contributed by atoms with Crippen LogP contribution < -0.4 is 5.32 Å². The SMILES string of the molecule is Cc1nn(C)c(C)c1CNc1cnc2c(c1)c(C)nn2C. The minimum Gasteiger partial charge on any atom is -0.380 e. The van der Waals surface area contributed by atoms with E-state index in [1.807, 2.05) is 43.5 Å². The third kappa shape index (κ3) is 2.26. The van der Waals surface area contributed by atoms with Gasteiger partial charge < -0.3 is 5.32 Å². The van der Waals surface area contributed by atoms with Crippen molar-refractivity contribution in [1.82, 2.24) is 24.5 Å². The second kappa shape index (κ2) is 4.87. The van der Waals surface area contributed by atoms with E-state index in [9.17, 15) is 0 Å². The summed E-state index contributed by atoms with van der Waals surface area (Å²) in [6, 6.07) is 2.10. The van der Waals surface area contributed by atoms with E-state index in [0.29, 0.717) is 0 Å².